The van der Waals surface area contributed by atoms with E-state index in [1.54, 1.807) is 13.0 Å². The average Bonchev–Trinajstić information content (AvgIpc) is 2.32. The molecule has 1 amide bonds. The normalized spacial score (nSPS) is 27.3. The molecule has 0 aromatic rings. The molecule has 15 heavy (non-hydrogen) atoms. The van der Waals surface area contributed by atoms with Crippen molar-refractivity contribution in [3.8, 4) is 0 Å². The number of rotatable bonds is 3. The van der Waals surface area contributed by atoms with Crippen LogP contribution >= 0.6 is 0 Å². The summed E-state index contributed by atoms with van der Waals surface area (Å²) >= 11 is 0. The van der Waals surface area contributed by atoms with Crippen molar-refractivity contribution in [3.05, 3.63) is 12.7 Å². The van der Waals surface area contributed by atoms with E-state index in [-0.39, 0.29) is 18.5 Å². The quantitative estimate of drug-likeness (QED) is 0.630. The van der Waals surface area contributed by atoms with Gasteiger partial charge in [-0.05, 0) is 6.92 Å². The van der Waals surface area contributed by atoms with Crippen LogP contribution in [-0.2, 0) is 9.59 Å². The molecular formula is C10H16N2O3. The summed E-state index contributed by atoms with van der Waals surface area (Å²) in [6.07, 6.45) is 1.61. The zero-order chi connectivity index (χ0) is 11.4. The maximum absolute atomic E-state index is 11.7. The highest BCUT2D eigenvalue weighted by Gasteiger charge is 2.30. The molecule has 1 heterocycles. The van der Waals surface area contributed by atoms with E-state index < -0.39 is 11.9 Å². The van der Waals surface area contributed by atoms with E-state index in [9.17, 15) is 9.59 Å². The van der Waals surface area contributed by atoms with Gasteiger partial charge >= 0.3 is 5.97 Å². The second-order valence-electron chi connectivity index (χ2n) is 3.70. The summed E-state index contributed by atoms with van der Waals surface area (Å²) in [6, 6.07) is -0.325. The average molecular weight is 212 g/mol. The lowest BCUT2D eigenvalue weighted by Gasteiger charge is -2.22. The van der Waals surface area contributed by atoms with Crippen LogP contribution in [-0.4, -0.2) is 47.6 Å². The molecule has 2 atom stereocenters. The lowest BCUT2D eigenvalue weighted by Crippen LogP contribution is -2.41. The molecule has 0 aromatic carbocycles. The molecule has 1 rings (SSSR count). The van der Waals surface area contributed by atoms with Gasteiger partial charge in [-0.15, -0.1) is 6.58 Å². The Morgan fingerprint density at radius 2 is 2.47 bits per heavy atom. The number of carbonyl (C=O) groups excluding carboxylic acids is 1. The van der Waals surface area contributed by atoms with E-state index in [4.69, 9.17) is 5.11 Å². The Bertz CT molecular complexity index is 278. The largest absolute Gasteiger partial charge is 0.481 e. The van der Waals surface area contributed by atoms with E-state index >= 15 is 0 Å². The maximum atomic E-state index is 11.7. The van der Waals surface area contributed by atoms with E-state index in [1.807, 2.05) is 0 Å². The van der Waals surface area contributed by atoms with Crippen molar-refractivity contribution in [1.29, 1.82) is 0 Å². The fourth-order valence-corrected chi connectivity index (χ4v) is 1.59. The lowest BCUT2D eigenvalue weighted by molar-refractivity contribution is -0.142. The maximum Gasteiger partial charge on any atom is 0.309 e. The summed E-state index contributed by atoms with van der Waals surface area (Å²) in [4.78, 5) is 24.1. The topological polar surface area (TPSA) is 69.6 Å². The van der Waals surface area contributed by atoms with Crippen LogP contribution in [0.25, 0.3) is 0 Å². The first-order valence-electron chi connectivity index (χ1n) is 4.92. The summed E-state index contributed by atoms with van der Waals surface area (Å²) in [5.41, 5.74) is 0. The Balaban J connectivity index is 2.77. The number of amides is 1. The highest BCUT2D eigenvalue weighted by Crippen LogP contribution is 2.08. The number of nitrogens with zero attached hydrogens (tertiary/aromatic N) is 1. The van der Waals surface area contributed by atoms with Gasteiger partial charge in [0.15, 0.2) is 0 Å². The van der Waals surface area contributed by atoms with Crippen LogP contribution in [0.3, 0.4) is 0 Å². The molecule has 0 bridgehead atoms. The Morgan fingerprint density at radius 1 is 1.80 bits per heavy atom. The van der Waals surface area contributed by atoms with E-state index in [0.717, 1.165) is 0 Å². The first-order chi connectivity index (χ1) is 7.06. The van der Waals surface area contributed by atoms with Crippen molar-refractivity contribution in [2.75, 3.05) is 19.6 Å². The van der Waals surface area contributed by atoms with Crippen LogP contribution < -0.4 is 5.32 Å². The van der Waals surface area contributed by atoms with Gasteiger partial charge < -0.3 is 15.3 Å². The SMILES string of the molecule is C=CCN1CC(C(=O)O)CNC(C)C1=O. The van der Waals surface area contributed by atoms with Crippen molar-refractivity contribution in [3.63, 3.8) is 0 Å². The van der Waals surface area contributed by atoms with Crippen LogP contribution in [0.5, 0.6) is 0 Å². The summed E-state index contributed by atoms with van der Waals surface area (Å²) < 4.78 is 0. The smallest absolute Gasteiger partial charge is 0.309 e. The van der Waals surface area contributed by atoms with Crippen LogP contribution in [0.1, 0.15) is 6.92 Å². The van der Waals surface area contributed by atoms with E-state index in [0.29, 0.717) is 13.1 Å². The zero-order valence-electron chi connectivity index (χ0n) is 8.77. The number of carbonyl (C=O) groups is 2. The first-order valence-corrected chi connectivity index (χ1v) is 4.92. The number of carboxylic acids is 1. The summed E-state index contributed by atoms with van der Waals surface area (Å²) in [5.74, 6) is -1.49. The van der Waals surface area contributed by atoms with Gasteiger partial charge in [0, 0.05) is 19.6 Å². The molecule has 0 aliphatic carbocycles. The molecule has 0 spiro atoms. The standard InChI is InChI=1S/C10H16N2O3/c1-3-4-12-6-8(10(14)15)5-11-7(2)9(12)13/h3,7-8,11H,1,4-6H2,2H3,(H,14,15). The lowest BCUT2D eigenvalue weighted by atomic mass is 10.1. The second-order valence-corrected chi connectivity index (χ2v) is 3.70. The van der Waals surface area contributed by atoms with E-state index in [2.05, 4.69) is 11.9 Å². The molecule has 1 aliphatic heterocycles. The first kappa shape index (κ1) is 11.7. The molecule has 2 unspecified atom stereocenters. The predicted molar refractivity (Wildman–Crippen MR) is 55.4 cm³/mol. The number of aliphatic carboxylic acids is 1. The summed E-state index contributed by atoms with van der Waals surface area (Å²) in [7, 11) is 0. The van der Waals surface area contributed by atoms with E-state index in [1.165, 1.54) is 4.90 Å². The Labute approximate surface area is 88.8 Å². The molecule has 2 N–H and O–H groups in total. The van der Waals surface area contributed by atoms with Crippen molar-refractivity contribution < 1.29 is 14.7 Å². The molecule has 5 heteroatoms. The fourth-order valence-electron chi connectivity index (χ4n) is 1.59. The van der Waals surface area contributed by atoms with Crippen LogP contribution in [0.2, 0.25) is 0 Å². The molecule has 5 nitrogen and oxygen atoms in total. The van der Waals surface area contributed by atoms with Crippen LogP contribution in [0, 0.1) is 5.92 Å². The fraction of sp³-hybridized carbons (Fsp3) is 0.600. The van der Waals surface area contributed by atoms with Gasteiger partial charge in [0.1, 0.15) is 0 Å². The van der Waals surface area contributed by atoms with Gasteiger partial charge in [0.25, 0.3) is 0 Å². The Kier molecular flexibility index (Phi) is 3.85. The minimum Gasteiger partial charge on any atom is -0.481 e. The minimum absolute atomic E-state index is 0.0707. The second kappa shape index (κ2) is 4.93. The number of hydrogen-bond donors (Lipinski definition) is 2. The molecule has 1 saturated heterocycles. The highest BCUT2D eigenvalue weighted by atomic mass is 16.4. The molecular weight excluding hydrogens is 196 g/mol. The molecule has 1 fully saturated rings. The third kappa shape index (κ3) is 2.79. The predicted octanol–water partition coefficient (Wildman–Crippen LogP) is -0.306. The zero-order valence-corrected chi connectivity index (χ0v) is 8.77. The monoisotopic (exact) mass is 212 g/mol. The minimum atomic E-state index is -0.876. The number of nitrogens with one attached hydrogen (secondary N) is 1. The van der Waals surface area contributed by atoms with Gasteiger partial charge in [-0.3, -0.25) is 9.59 Å². The molecule has 0 radical (unpaired) electrons. The molecule has 1 aliphatic rings. The van der Waals surface area contributed by atoms with Gasteiger partial charge in [-0.25, -0.2) is 0 Å². The molecule has 84 valence electrons. The summed E-state index contributed by atoms with van der Waals surface area (Å²) in [6.45, 7) is 6.27. The number of carboxylic acid groups (broad SMARTS) is 1. The molecule has 0 saturated carbocycles. The Morgan fingerprint density at radius 3 is 3.00 bits per heavy atom. The van der Waals surface area contributed by atoms with Crippen LogP contribution in [0.15, 0.2) is 12.7 Å². The summed E-state index contributed by atoms with van der Waals surface area (Å²) in [5, 5.41) is 11.8. The third-order valence-electron chi connectivity index (χ3n) is 2.49. The van der Waals surface area contributed by atoms with Crippen molar-refractivity contribution in [2.24, 2.45) is 5.92 Å². The van der Waals surface area contributed by atoms with Gasteiger partial charge in [-0.1, -0.05) is 6.08 Å². The van der Waals surface area contributed by atoms with Gasteiger partial charge in [0.05, 0.1) is 12.0 Å². The number of hydrogen-bond acceptors (Lipinski definition) is 3. The van der Waals surface area contributed by atoms with Crippen molar-refractivity contribution in [2.45, 2.75) is 13.0 Å². The Hall–Kier alpha value is -1.36. The van der Waals surface area contributed by atoms with Gasteiger partial charge in [0.2, 0.25) is 5.91 Å². The van der Waals surface area contributed by atoms with Crippen molar-refractivity contribution >= 4 is 11.9 Å². The third-order valence-corrected chi connectivity index (χ3v) is 2.49. The highest BCUT2D eigenvalue weighted by molar-refractivity contribution is 5.83. The van der Waals surface area contributed by atoms with Crippen molar-refractivity contribution in [1.82, 2.24) is 10.2 Å². The van der Waals surface area contributed by atoms with Crippen LogP contribution in [0.4, 0.5) is 0 Å². The molecule has 0 aromatic heterocycles. The van der Waals surface area contributed by atoms with Gasteiger partial charge in [-0.2, -0.15) is 0 Å².